The molecule has 0 aliphatic carbocycles. The molecule has 1 heterocycles. The zero-order valence-electron chi connectivity index (χ0n) is 7.89. The van der Waals surface area contributed by atoms with Crippen molar-refractivity contribution in [1.29, 1.82) is 0 Å². The van der Waals surface area contributed by atoms with Crippen LogP contribution in [0.2, 0.25) is 0 Å². The first kappa shape index (κ1) is 10.7. The van der Waals surface area contributed by atoms with Gasteiger partial charge in [-0.15, -0.1) is 0 Å². The molecule has 2 nitrogen and oxygen atoms in total. The van der Waals surface area contributed by atoms with Gasteiger partial charge in [0.15, 0.2) is 0 Å². The van der Waals surface area contributed by atoms with Gasteiger partial charge in [-0.05, 0) is 33.2 Å². The van der Waals surface area contributed by atoms with Crippen molar-refractivity contribution in [3.63, 3.8) is 0 Å². The highest BCUT2D eigenvalue weighted by Gasteiger charge is 2.39. The molecule has 1 unspecified atom stereocenters. The molecule has 72 valence electrons. The number of hydrogen-bond donors (Lipinski definition) is 1. The van der Waals surface area contributed by atoms with Crippen molar-refractivity contribution in [3.8, 4) is 0 Å². The Hall–Kier alpha value is 0.650. The Kier molecular flexibility index (Phi) is 3.79. The second-order valence-corrected chi connectivity index (χ2v) is 5.07. The van der Waals surface area contributed by atoms with Gasteiger partial charge >= 0.3 is 0 Å². The van der Waals surface area contributed by atoms with E-state index < -0.39 is 0 Å². The summed E-state index contributed by atoms with van der Waals surface area (Å²) in [5.74, 6) is 0. The van der Waals surface area contributed by atoms with Crippen LogP contribution in [0.25, 0.3) is 0 Å². The van der Waals surface area contributed by atoms with Gasteiger partial charge in [0.1, 0.15) is 0 Å². The summed E-state index contributed by atoms with van der Waals surface area (Å²) in [5, 5.41) is 9.68. The van der Waals surface area contributed by atoms with Crippen LogP contribution in [0.1, 0.15) is 26.7 Å². The molecule has 0 amide bonds. The molecule has 1 saturated heterocycles. The SMILES string of the molecule is CC1(C)C(O)CCN1CCCI. The standard InChI is InChI=1S/C9H18INO/c1-9(2)8(12)4-7-11(9)6-3-5-10/h8,12H,3-7H2,1-2H3. The maximum absolute atomic E-state index is 9.68. The van der Waals surface area contributed by atoms with Crippen LogP contribution in [0.3, 0.4) is 0 Å². The Balaban J connectivity index is 2.44. The zero-order valence-corrected chi connectivity index (χ0v) is 10.0. The van der Waals surface area contributed by atoms with Crippen molar-refractivity contribution >= 4 is 22.6 Å². The summed E-state index contributed by atoms with van der Waals surface area (Å²) in [6.07, 6.45) is 2.04. The molecule has 0 radical (unpaired) electrons. The van der Waals surface area contributed by atoms with E-state index in [2.05, 4.69) is 41.3 Å². The van der Waals surface area contributed by atoms with E-state index in [9.17, 15) is 5.11 Å². The summed E-state index contributed by atoms with van der Waals surface area (Å²) in [5.41, 5.74) is 0.00576. The number of rotatable bonds is 3. The molecule has 1 fully saturated rings. The number of likely N-dealkylation sites (tertiary alicyclic amines) is 1. The van der Waals surface area contributed by atoms with E-state index in [1.54, 1.807) is 0 Å². The van der Waals surface area contributed by atoms with Gasteiger partial charge in [0.25, 0.3) is 0 Å². The first-order valence-corrected chi connectivity index (χ1v) is 6.10. The van der Waals surface area contributed by atoms with Crippen LogP contribution in [0, 0.1) is 0 Å². The highest BCUT2D eigenvalue weighted by Crippen LogP contribution is 2.28. The van der Waals surface area contributed by atoms with Gasteiger partial charge in [0.05, 0.1) is 6.10 Å². The molecule has 3 heteroatoms. The number of halogens is 1. The van der Waals surface area contributed by atoms with Gasteiger partial charge in [-0.3, -0.25) is 4.90 Å². The van der Waals surface area contributed by atoms with Crippen LogP contribution in [0.5, 0.6) is 0 Å². The third kappa shape index (κ3) is 2.12. The molecule has 0 aromatic rings. The number of aliphatic hydroxyl groups excluding tert-OH is 1. The monoisotopic (exact) mass is 283 g/mol. The van der Waals surface area contributed by atoms with E-state index in [0.29, 0.717) is 0 Å². The average molecular weight is 283 g/mol. The molecule has 1 aliphatic heterocycles. The maximum Gasteiger partial charge on any atom is 0.0730 e. The van der Waals surface area contributed by atoms with Crippen LogP contribution >= 0.6 is 22.6 Å². The Labute approximate surface area is 88.5 Å². The highest BCUT2D eigenvalue weighted by atomic mass is 127. The molecule has 0 aromatic carbocycles. The van der Waals surface area contributed by atoms with Crippen LogP contribution in [0.15, 0.2) is 0 Å². The third-order valence-corrected chi connectivity index (χ3v) is 3.63. The minimum atomic E-state index is -0.133. The number of alkyl halides is 1. The summed E-state index contributed by atoms with van der Waals surface area (Å²) in [4.78, 5) is 2.40. The fourth-order valence-electron chi connectivity index (χ4n) is 1.78. The molecule has 1 aliphatic rings. The summed E-state index contributed by atoms with van der Waals surface area (Å²) in [6, 6.07) is 0. The number of aliphatic hydroxyl groups is 1. The number of hydrogen-bond acceptors (Lipinski definition) is 2. The second kappa shape index (κ2) is 4.24. The molecule has 12 heavy (non-hydrogen) atoms. The molecular formula is C9H18INO. The van der Waals surface area contributed by atoms with Gasteiger partial charge in [-0.1, -0.05) is 22.6 Å². The van der Waals surface area contributed by atoms with E-state index in [4.69, 9.17) is 0 Å². The van der Waals surface area contributed by atoms with Crippen LogP contribution in [0.4, 0.5) is 0 Å². The molecule has 0 bridgehead atoms. The van der Waals surface area contributed by atoms with Crippen molar-refractivity contribution in [2.75, 3.05) is 17.5 Å². The lowest BCUT2D eigenvalue weighted by molar-refractivity contribution is 0.0550. The Morgan fingerprint density at radius 2 is 2.25 bits per heavy atom. The minimum Gasteiger partial charge on any atom is -0.391 e. The summed E-state index contributed by atoms with van der Waals surface area (Å²) in [6.45, 7) is 6.47. The predicted molar refractivity (Wildman–Crippen MR) is 59.8 cm³/mol. The predicted octanol–water partition coefficient (Wildman–Crippen LogP) is 1.66. The first-order valence-electron chi connectivity index (χ1n) is 4.58. The van der Waals surface area contributed by atoms with Crippen LogP contribution in [-0.4, -0.2) is 39.2 Å². The van der Waals surface area contributed by atoms with E-state index in [0.717, 1.165) is 19.5 Å². The van der Waals surface area contributed by atoms with E-state index >= 15 is 0 Å². The minimum absolute atomic E-state index is 0.00576. The van der Waals surface area contributed by atoms with E-state index in [1.807, 2.05) is 0 Å². The molecule has 0 aromatic heterocycles. The Morgan fingerprint density at radius 3 is 2.67 bits per heavy atom. The fourth-order valence-corrected chi connectivity index (χ4v) is 2.12. The largest absolute Gasteiger partial charge is 0.391 e. The molecule has 1 rings (SSSR count). The molecule has 1 atom stereocenters. The van der Waals surface area contributed by atoms with Gasteiger partial charge in [-0.2, -0.15) is 0 Å². The summed E-state index contributed by atoms with van der Waals surface area (Å²) >= 11 is 2.40. The maximum atomic E-state index is 9.68. The van der Waals surface area contributed by atoms with Gasteiger partial charge < -0.3 is 5.11 Å². The Bertz CT molecular complexity index is 149. The molecular weight excluding hydrogens is 265 g/mol. The lowest BCUT2D eigenvalue weighted by atomic mass is 9.99. The van der Waals surface area contributed by atoms with Crippen LogP contribution < -0.4 is 0 Å². The third-order valence-electron chi connectivity index (χ3n) is 2.86. The Morgan fingerprint density at radius 1 is 1.58 bits per heavy atom. The summed E-state index contributed by atoms with van der Waals surface area (Å²) < 4.78 is 1.21. The van der Waals surface area contributed by atoms with Crippen molar-refractivity contribution in [1.82, 2.24) is 4.90 Å². The van der Waals surface area contributed by atoms with Crippen molar-refractivity contribution < 1.29 is 5.11 Å². The van der Waals surface area contributed by atoms with E-state index in [1.165, 1.54) is 10.8 Å². The zero-order chi connectivity index (χ0) is 9.19. The number of nitrogens with zero attached hydrogens (tertiary/aromatic N) is 1. The average Bonchev–Trinajstić information content (AvgIpc) is 2.25. The van der Waals surface area contributed by atoms with Gasteiger partial charge in [0, 0.05) is 16.5 Å². The lowest BCUT2D eigenvalue weighted by Gasteiger charge is -2.33. The van der Waals surface area contributed by atoms with Crippen molar-refractivity contribution in [2.45, 2.75) is 38.3 Å². The smallest absolute Gasteiger partial charge is 0.0730 e. The normalized spacial score (nSPS) is 29.5. The summed E-state index contributed by atoms with van der Waals surface area (Å²) in [7, 11) is 0. The van der Waals surface area contributed by atoms with Crippen LogP contribution in [-0.2, 0) is 0 Å². The molecule has 1 N–H and O–H groups in total. The van der Waals surface area contributed by atoms with E-state index in [-0.39, 0.29) is 11.6 Å². The van der Waals surface area contributed by atoms with Crippen molar-refractivity contribution in [2.24, 2.45) is 0 Å². The second-order valence-electron chi connectivity index (χ2n) is 3.99. The highest BCUT2D eigenvalue weighted by molar-refractivity contribution is 14.1. The van der Waals surface area contributed by atoms with Crippen molar-refractivity contribution in [3.05, 3.63) is 0 Å². The first-order chi connectivity index (χ1) is 5.59. The molecule has 0 spiro atoms. The van der Waals surface area contributed by atoms with Gasteiger partial charge in [0.2, 0.25) is 0 Å². The lowest BCUT2D eigenvalue weighted by Crippen LogP contribution is -2.45. The fraction of sp³-hybridized carbons (Fsp3) is 1.00. The van der Waals surface area contributed by atoms with Gasteiger partial charge in [-0.25, -0.2) is 0 Å². The topological polar surface area (TPSA) is 23.5 Å². The quantitative estimate of drug-likeness (QED) is 0.629. The molecule has 0 saturated carbocycles.